The molecule has 1 saturated heterocycles. The SMILES string of the molecule is CN(C)CC1CCCN1CC(N)c1cnn(C)c1. The topological polar surface area (TPSA) is 50.3 Å². The summed E-state index contributed by atoms with van der Waals surface area (Å²) in [6.45, 7) is 3.23. The summed E-state index contributed by atoms with van der Waals surface area (Å²) in [5.74, 6) is 0. The zero-order valence-corrected chi connectivity index (χ0v) is 11.7. The van der Waals surface area contributed by atoms with Gasteiger partial charge in [0, 0.05) is 44.0 Å². The van der Waals surface area contributed by atoms with Crippen LogP contribution >= 0.6 is 0 Å². The molecule has 1 aromatic rings. The van der Waals surface area contributed by atoms with Crippen LogP contribution in [0.25, 0.3) is 0 Å². The molecular formula is C13H25N5. The van der Waals surface area contributed by atoms with Gasteiger partial charge in [-0.15, -0.1) is 0 Å². The molecule has 0 spiro atoms. The van der Waals surface area contributed by atoms with Gasteiger partial charge in [0.1, 0.15) is 0 Å². The van der Waals surface area contributed by atoms with Crippen LogP contribution in [0.2, 0.25) is 0 Å². The van der Waals surface area contributed by atoms with Crippen molar-refractivity contribution in [2.45, 2.75) is 24.9 Å². The second-order valence-corrected chi connectivity index (χ2v) is 5.61. The predicted octanol–water partition coefficient (Wildman–Crippen LogP) is 0.446. The Hall–Kier alpha value is -0.910. The first-order chi connectivity index (χ1) is 8.56. The lowest BCUT2D eigenvalue weighted by Gasteiger charge is -2.28. The van der Waals surface area contributed by atoms with Gasteiger partial charge in [-0.2, -0.15) is 5.10 Å². The van der Waals surface area contributed by atoms with E-state index in [0.717, 1.165) is 18.7 Å². The fraction of sp³-hybridized carbons (Fsp3) is 0.769. The van der Waals surface area contributed by atoms with Crippen LogP contribution < -0.4 is 5.73 Å². The van der Waals surface area contributed by atoms with E-state index in [9.17, 15) is 0 Å². The maximum absolute atomic E-state index is 6.27. The van der Waals surface area contributed by atoms with Gasteiger partial charge in [-0.3, -0.25) is 9.58 Å². The summed E-state index contributed by atoms with van der Waals surface area (Å²) in [7, 11) is 6.20. The Labute approximate surface area is 110 Å². The number of nitrogens with two attached hydrogens (primary N) is 1. The van der Waals surface area contributed by atoms with E-state index < -0.39 is 0 Å². The first kappa shape index (κ1) is 13.5. The van der Waals surface area contributed by atoms with Crippen LogP contribution in [0.15, 0.2) is 12.4 Å². The highest BCUT2D eigenvalue weighted by molar-refractivity contribution is 5.10. The van der Waals surface area contributed by atoms with Gasteiger partial charge in [-0.05, 0) is 33.5 Å². The molecule has 102 valence electrons. The van der Waals surface area contributed by atoms with Crippen LogP contribution in [0.3, 0.4) is 0 Å². The van der Waals surface area contributed by atoms with Crippen LogP contribution in [-0.2, 0) is 7.05 Å². The zero-order valence-electron chi connectivity index (χ0n) is 11.7. The number of aryl methyl sites for hydroxylation is 1. The average molecular weight is 251 g/mol. The van der Waals surface area contributed by atoms with Crippen LogP contribution in [0.5, 0.6) is 0 Å². The lowest BCUT2D eigenvalue weighted by Crippen LogP contribution is -2.41. The van der Waals surface area contributed by atoms with Gasteiger partial charge in [0.25, 0.3) is 0 Å². The minimum atomic E-state index is 0.0708. The van der Waals surface area contributed by atoms with Crippen molar-refractivity contribution in [2.75, 3.05) is 33.7 Å². The first-order valence-corrected chi connectivity index (χ1v) is 6.69. The summed E-state index contributed by atoms with van der Waals surface area (Å²) >= 11 is 0. The zero-order chi connectivity index (χ0) is 13.1. The van der Waals surface area contributed by atoms with Crippen molar-refractivity contribution in [3.63, 3.8) is 0 Å². The number of rotatable bonds is 5. The fourth-order valence-electron chi connectivity index (χ4n) is 2.75. The number of nitrogens with zero attached hydrogens (tertiary/aromatic N) is 4. The van der Waals surface area contributed by atoms with E-state index in [0.29, 0.717) is 6.04 Å². The largest absolute Gasteiger partial charge is 0.323 e. The van der Waals surface area contributed by atoms with Gasteiger partial charge in [0.2, 0.25) is 0 Å². The summed E-state index contributed by atoms with van der Waals surface area (Å²) in [6.07, 6.45) is 6.47. The van der Waals surface area contributed by atoms with Gasteiger partial charge >= 0.3 is 0 Å². The lowest BCUT2D eigenvalue weighted by atomic mass is 10.1. The standard InChI is InChI=1S/C13H25N5/c1-16(2)9-12-5-4-6-18(12)10-13(14)11-7-15-17(3)8-11/h7-8,12-13H,4-6,9-10,14H2,1-3H3. The third-order valence-corrected chi connectivity index (χ3v) is 3.66. The molecule has 2 unspecified atom stereocenters. The molecule has 2 heterocycles. The average Bonchev–Trinajstić information content (AvgIpc) is 2.88. The van der Waals surface area contributed by atoms with E-state index in [1.165, 1.54) is 19.4 Å². The maximum atomic E-state index is 6.27. The van der Waals surface area contributed by atoms with E-state index in [4.69, 9.17) is 5.73 Å². The van der Waals surface area contributed by atoms with Gasteiger partial charge in [-0.1, -0.05) is 0 Å². The van der Waals surface area contributed by atoms with Crippen molar-refractivity contribution in [3.05, 3.63) is 18.0 Å². The highest BCUT2D eigenvalue weighted by atomic mass is 15.2. The smallest absolute Gasteiger partial charge is 0.0537 e. The molecule has 0 saturated carbocycles. The normalized spacial score (nSPS) is 22.8. The van der Waals surface area contributed by atoms with Crippen molar-refractivity contribution in [3.8, 4) is 0 Å². The third-order valence-electron chi connectivity index (χ3n) is 3.66. The van der Waals surface area contributed by atoms with Crippen molar-refractivity contribution in [1.82, 2.24) is 19.6 Å². The molecule has 2 rings (SSSR count). The van der Waals surface area contributed by atoms with Crippen LogP contribution in [0.4, 0.5) is 0 Å². The Balaban J connectivity index is 1.91. The highest BCUT2D eigenvalue weighted by Crippen LogP contribution is 2.21. The number of hydrogen-bond donors (Lipinski definition) is 1. The van der Waals surface area contributed by atoms with Crippen molar-refractivity contribution in [2.24, 2.45) is 12.8 Å². The molecule has 1 fully saturated rings. The van der Waals surface area contributed by atoms with E-state index in [1.807, 2.05) is 24.1 Å². The summed E-state index contributed by atoms with van der Waals surface area (Å²) < 4.78 is 1.82. The Morgan fingerprint density at radius 2 is 2.33 bits per heavy atom. The van der Waals surface area contributed by atoms with Gasteiger partial charge in [0.15, 0.2) is 0 Å². The maximum Gasteiger partial charge on any atom is 0.0537 e. The molecule has 18 heavy (non-hydrogen) atoms. The minimum absolute atomic E-state index is 0.0708. The third kappa shape index (κ3) is 3.31. The van der Waals surface area contributed by atoms with Crippen LogP contribution in [0.1, 0.15) is 24.4 Å². The van der Waals surface area contributed by atoms with E-state index in [-0.39, 0.29) is 6.04 Å². The summed E-state index contributed by atoms with van der Waals surface area (Å²) in [4.78, 5) is 4.79. The Morgan fingerprint density at radius 3 is 2.94 bits per heavy atom. The van der Waals surface area contributed by atoms with Gasteiger partial charge in [0.05, 0.1) is 6.20 Å². The molecule has 0 amide bonds. The fourth-order valence-corrected chi connectivity index (χ4v) is 2.75. The number of likely N-dealkylation sites (N-methyl/N-ethyl adjacent to an activating group) is 1. The highest BCUT2D eigenvalue weighted by Gasteiger charge is 2.26. The number of hydrogen-bond acceptors (Lipinski definition) is 4. The molecule has 1 aliphatic rings. The number of likely N-dealkylation sites (tertiary alicyclic amines) is 1. The molecular weight excluding hydrogens is 226 g/mol. The second kappa shape index (κ2) is 5.82. The van der Waals surface area contributed by atoms with E-state index in [1.54, 1.807) is 0 Å². The molecule has 0 radical (unpaired) electrons. The quantitative estimate of drug-likeness (QED) is 0.825. The monoisotopic (exact) mass is 251 g/mol. The number of aromatic nitrogens is 2. The predicted molar refractivity (Wildman–Crippen MR) is 73.3 cm³/mol. The van der Waals surface area contributed by atoms with Crippen LogP contribution in [-0.4, -0.2) is 59.4 Å². The first-order valence-electron chi connectivity index (χ1n) is 6.69. The molecule has 0 bridgehead atoms. The molecule has 1 aliphatic heterocycles. The summed E-state index contributed by atoms with van der Waals surface area (Å²) in [6, 6.07) is 0.726. The summed E-state index contributed by atoms with van der Waals surface area (Å²) in [5.41, 5.74) is 7.40. The second-order valence-electron chi connectivity index (χ2n) is 5.61. The molecule has 5 nitrogen and oxygen atoms in total. The van der Waals surface area contributed by atoms with Crippen molar-refractivity contribution >= 4 is 0 Å². The lowest BCUT2D eigenvalue weighted by molar-refractivity contribution is 0.198. The molecule has 0 aliphatic carbocycles. The van der Waals surface area contributed by atoms with Crippen LogP contribution in [0, 0.1) is 0 Å². The van der Waals surface area contributed by atoms with Gasteiger partial charge < -0.3 is 10.6 Å². The molecule has 5 heteroatoms. The van der Waals surface area contributed by atoms with Crippen molar-refractivity contribution < 1.29 is 0 Å². The Kier molecular flexibility index (Phi) is 4.37. The molecule has 2 N–H and O–H groups in total. The molecule has 2 atom stereocenters. The summed E-state index contributed by atoms with van der Waals surface area (Å²) in [5, 5.41) is 4.19. The van der Waals surface area contributed by atoms with Gasteiger partial charge in [-0.25, -0.2) is 0 Å². The molecule has 0 aromatic carbocycles. The molecule has 1 aromatic heterocycles. The van der Waals surface area contributed by atoms with Crippen molar-refractivity contribution in [1.29, 1.82) is 0 Å². The van der Waals surface area contributed by atoms with E-state index >= 15 is 0 Å². The minimum Gasteiger partial charge on any atom is -0.323 e. The Morgan fingerprint density at radius 1 is 1.56 bits per heavy atom. The Bertz CT molecular complexity index is 373. The van der Waals surface area contributed by atoms with E-state index in [2.05, 4.69) is 29.0 Å².